The molecule has 0 spiro atoms. The zero-order valence-corrected chi connectivity index (χ0v) is 14.5. The molecule has 4 heteroatoms. The van der Waals surface area contributed by atoms with Crippen LogP contribution in [0, 0.1) is 6.92 Å². The Kier molecular flexibility index (Phi) is 6.67. The van der Waals surface area contributed by atoms with E-state index in [0.29, 0.717) is 18.1 Å². The van der Waals surface area contributed by atoms with Crippen LogP contribution in [0.4, 0.5) is 0 Å². The highest BCUT2D eigenvalue weighted by molar-refractivity contribution is 5.78. The molecule has 24 heavy (non-hydrogen) atoms. The summed E-state index contributed by atoms with van der Waals surface area (Å²) >= 11 is 0. The van der Waals surface area contributed by atoms with Gasteiger partial charge >= 0.3 is 0 Å². The molecule has 0 fully saturated rings. The van der Waals surface area contributed by atoms with Crippen LogP contribution in [0.5, 0.6) is 11.5 Å². The van der Waals surface area contributed by atoms with Gasteiger partial charge in [-0.2, -0.15) is 0 Å². The average Bonchev–Trinajstić information content (AvgIpc) is 2.60. The summed E-state index contributed by atoms with van der Waals surface area (Å²) in [5, 5.41) is 3.02. The van der Waals surface area contributed by atoms with E-state index in [-0.39, 0.29) is 18.6 Å². The molecule has 1 N–H and O–H groups in total. The van der Waals surface area contributed by atoms with E-state index in [9.17, 15) is 4.79 Å². The molecular formula is C20H25NO3. The zero-order chi connectivity index (χ0) is 17.4. The molecule has 4 nitrogen and oxygen atoms in total. The minimum Gasteiger partial charge on any atom is -0.490 e. The summed E-state index contributed by atoms with van der Waals surface area (Å²) in [5.41, 5.74) is 2.31. The summed E-state index contributed by atoms with van der Waals surface area (Å²) in [4.78, 5) is 12.2. The Morgan fingerprint density at radius 3 is 2.21 bits per heavy atom. The fourth-order valence-corrected chi connectivity index (χ4v) is 2.44. The van der Waals surface area contributed by atoms with Crippen molar-refractivity contribution in [1.29, 1.82) is 0 Å². The molecule has 1 atom stereocenters. The van der Waals surface area contributed by atoms with Crippen LogP contribution in [-0.2, 0) is 4.79 Å². The van der Waals surface area contributed by atoms with Gasteiger partial charge in [-0.25, -0.2) is 0 Å². The molecule has 0 aliphatic carbocycles. The van der Waals surface area contributed by atoms with E-state index in [4.69, 9.17) is 9.47 Å². The summed E-state index contributed by atoms with van der Waals surface area (Å²) < 4.78 is 11.1. The standard InChI is InChI=1S/C20H25NO3/c1-4-17(16-12-10-15(3)11-13-16)21-20(22)14-24-19-9-7-6-8-18(19)23-5-2/h6-13,17H,4-5,14H2,1-3H3,(H,21,22). The molecule has 0 radical (unpaired) electrons. The van der Waals surface area contributed by atoms with Gasteiger partial charge in [-0.3, -0.25) is 4.79 Å². The van der Waals surface area contributed by atoms with E-state index in [1.807, 2.05) is 32.0 Å². The second kappa shape index (κ2) is 8.96. The Hall–Kier alpha value is -2.49. The lowest BCUT2D eigenvalue weighted by atomic mass is 10.0. The average molecular weight is 327 g/mol. The number of carbonyl (C=O) groups is 1. The van der Waals surface area contributed by atoms with Gasteiger partial charge in [0.25, 0.3) is 5.91 Å². The molecule has 128 valence electrons. The SMILES string of the molecule is CCOc1ccccc1OCC(=O)NC(CC)c1ccc(C)cc1. The Labute approximate surface area is 143 Å². The Balaban J connectivity index is 1.93. The fourth-order valence-electron chi connectivity index (χ4n) is 2.44. The molecule has 0 aromatic heterocycles. The van der Waals surface area contributed by atoms with Gasteiger partial charge in [0.05, 0.1) is 12.6 Å². The molecule has 0 saturated heterocycles. The van der Waals surface area contributed by atoms with Crippen molar-refractivity contribution in [3.05, 3.63) is 59.7 Å². The fraction of sp³-hybridized carbons (Fsp3) is 0.350. The molecule has 0 aliphatic heterocycles. The quantitative estimate of drug-likeness (QED) is 0.796. The number of aryl methyl sites for hydroxylation is 1. The smallest absolute Gasteiger partial charge is 0.258 e. The third-order valence-electron chi connectivity index (χ3n) is 3.73. The molecule has 2 aromatic carbocycles. The molecule has 0 aliphatic rings. The monoisotopic (exact) mass is 327 g/mol. The first kappa shape index (κ1) is 17.9. The minimum atomic E-state index is -0.145. The first-order valence-electron chi connectivity index (χ1n) is 8.34. The van der Waals surface area contributed by atoms with Gasteiger partial charge in [-0.05, 0) is 38.0 Å². The molecule has 0 bridgehead atoms. The van der Waals surface area contributed by atoms with Crippen molar-refractivity contribution in [3.8, 4) is 11.5 Å². The first-order valence-corrected chi connectivity index (χ1v) is 8.34. The molecule has 0 heterocycles. The number of hydrogen-bond donors (Lipinski definition) is 1. The van der Waals surface area contributed by atoms with Gasteiger partial charge in [-0.1, -0.05) is 48.9 Å². The van der Waals surface area contributed by atoms with Gasteiger partial charge in [0.15, 0.2) is 18.1 Å². The maximum Gasteiger partial charge on any atom is 0.258 e. The lowest BCUT2D eigenvalue weighted by Gasteiger charge is -2.18. The Morgan fingerprint density at radius 1 is 1.00 bits per heavy atom. The first-order chi connectivity index (χ1) is 11.6. The number of amides is 1. The van der Waals surface area contributed by atoms with Crippen molar-refractivity contribution >= 4 is 5.91 Å². The minimum absolute atomic E-state index is 0.0103. The van der Waals surface area contributed by atoms with Crippen molar-refractivity contribution in [2.75, 3.05) is 13.2 Å². The van der Waals surface area contributed by atoms with Crippen LogP contribution in [-0.4, -0.2) is 19.1 Å². The third-order valence-corrected chi connectivity index (χ3v) is 3.73. The Morgan fingerprint density at radius 2 is 1.62 bits per heavy atom. The van der Waals surface area contributed by atoms with Gasteiger partial charge in [0.1, 0.15) is 0 Å². The van der Waals surface area contributed by atoms with Crippen LogP contribution in [0.15, 0.2) is 48.5 Å². The lowest BCUT2D eigenvalue weighted by Crippen LogP contribution is -2.32. The second-order valence-corrected chi connectivity index (χ2v) is 5.61. The number of ether oxygens (including phenoxy) is 2. The van der Waals surface area contributed by atoms with E-state index in [0.717, 1.165) is 12.0 Å². The van der Waals surface area contributed by atoms with Gasteiger partial charge in [0.2, 0.25) is 0 Å². The van der Waals surface area contributed by atoms with Gasteiger partial charge in [0, 0.05) is 0 Å². The van der Waals surface area contributed by atoms with E-state index in [2.05, 4.69) is 36.5 Å². The number of carbonyl (C=O) groups excluding carboxylic acids is 1. The van der Waals surface area contributed by atoms with E-state index >= 15 is 0 Å². The van der Waals surface area contributed by atoms with Crippen molar-refractivity contribution in [2.24, 2.45) is 0 Å². The number of hydrogen-bond acceptors (Lipinski definition) is 3. The molecule has 2 aromatic rings. The van der Waals surface area contributed by atoms with Crippen molar-refractivity contribution in [2.45, 2.75) is 33.2 Å². The largest absolute Gasteiger partial charge is 0.490 e. The zero-order valence-electron chi connectivity index (χ0n) is 14.5. The summed E-state index contributed by atoms with van der Waals surface area (Å²) in [6, 6.07) is 15.6. The van der Waals surface area contributed by atoms with Crippen molar-refractivity contribution < 1.29 is 14.3 Å². The Bertz CT molecular complexity index is 652. The van der Waals surface area contributed by atoms with Crippen LogP contribution in [0.2, 0.25) is 0 Å². The summed E-state index contributed by atoms with van der Waals surface area (Å²) in [6.07, 6.45) is 0.824. The van der Waals surface area contributed by atoms with Crippen LogP contribution >= 0.6 is 0 Å². The number of para-hydroxylation sites is 2. The number of benzene rings is 2. The van der Waals surface area contributed by atoms with Crippen LogP contribution < -0.4 is 14.8 Å². The highest BCUT2D eigenvalue weighted by atomic mass is 16.5. The molecular weight excluding hydrogens is 302 g/mol. The topological polar surface area (TPSA) is 47.6 Å². The van der Waals surface area contributed by atoms with E-state index < -0.39 is 0 Å². The molecule has 2 rings (SSSR count). The normalized spacial score (nSPS) is 11.6. The number of nitrogens with one attached hydrogen (secondary N) is 1. The maximum absolute atomic E-state index is 12.2. The van der Waals surface area contributed by atoms with E-state index in [1.54, 1.807) is 6.07 Å². The molecule has 0 saturated carbocycles. The summed E-state index contributed by atoms with van der Waals surface area (Å²) in [7, 11) is 0. The van der Waals surface area contributed by atoms with Crippen molar-refractivity contribution in [1.82, 2.24) is 5.32 Å². The highest BCUT2D eigenvalue weighted by Gasteiger charge is 2.14. The summed E-state index contributed by atoms with van der Waals surface area (Å²) in [5.74, 6) is 1.09. The maximum atomic E-state index is 12.2. The lowest BCUT2D eigenvalue weighted by molar-refractivity contribution is -0.123. The van der Waals surface area contributed by atoms with Crippen LogP contribution in [0.3, 0.4) is 0 Å². The van der Waals surface area contributed by atoms with Gasteiger partial charge < -0.3 is 14.8 Å². The predicted octanol–water partition coefficient (Wildman–Crippen LogP) is 4.04. The predicted molar refractivity (Wildman–Crippen MR) is 95.5 cm³/mol. The number of rotatable bonds is 8. The van der Waals surface area contributed by atoms with E-state index in [1.165, 1.54) is 5.56 Å². The van der Waals surface area contributed by atoms with Crippen LogP contribution in [0.1, 0.15) is 37.4 Å². The van der Waals surface area contributed by atoms with Crippen LogP contribution in [0.25, 0.3) is 0 Å². The summed E-state index contributed by atoms with van der Waals surface area (Å²) in [6.45, 7) is 6.53. The molecule has 1 unspecified atom stereocenters. The second-order valence-electron chi connectivity index (χ2n) is 5.61. The van der Waals surface area contributed by atoms with Gasteiger partial charge in [-0.15, -0.1) is 0 Å². The highest BCUT2D eigenvalue weighted by Crippen LogP contribution is 2.26. The van der Waals surface area contributed by atoms with Crippen molar-refractivity contribution in [3.63, 3.8) is 0 Å². The third kappa shape index (κ3) is 5.01. The molecule has 1 amide bonds.